The maximum absolute atomic E-state index is 14.6. The highest BCUT2D eigenvalue weighted by molar-refractivity contribution is 7.77. The van der Waals surface area contributed by atoms with E-state index in [4.69, 9.17) is 5.73 Å². The summed E-state index contributed by atoms with van der Waals surface area (Å²) >= 11 is -2.39. The number of aromatic nitrogens is 3. The van der Waals surface area contributed by atoms with Gasteiger partial charge in [-0.25, -0.2) is 24.1 Å². The topological polar surface area (TPSA) is 120 Å². The minimum absolute atomic E-state index is 0.172. The number of benzene rings is 1. The van der Waals surface area contributed by atoms with Gasteiger partial charge in [-0.1, -0.05) is 6.42 Å². The van der Waals surface area contributed by atoms with Crippen LogP contribution in [0.3, 0.4) is 0 Å². The third-order valence-corrected chi connectivity index (χ3v) is 5.74. The Balaban J connectivity index is 1.73. The molecule has 0 aliphatic carbocycles. The summed E-state index contributed by atoms with van der Waals surface area (Å²) in [6, 6.07) is 7.97. The van der Waals surface area contributed by atoms with E-state index < -0.39 is 17.1 Å². The van der Waals surface area contributed by atoms with Gasteiger partial charge in [-0.2, -0.15) is 0 Å². The number of nitrogens with zero attached hydrogens (tertiary/aromatic N) is 4. The fourth-order valence-corrected chi connectivity index (χ4v) is 4.20. The average molecular weight is 430 g/mol. The van der Waals surface area contributed by atoms with Gasteiger partial charge in [0.25, 0.3) is 0 Å². The van der Waals surface area contributed by atoms with Crippen LogP contribution < -0.4 is 10.5 Å². The van der Waals surface area contributed by atoms with Crippen molar-refractivity contribution < 1.29 is 13.2 Å². The molecule has 0 radical (unpaired) electrons. The molecule has 8 nitrogen and oxygen atoms in total. The maximum Gasteiger partial charge on any atom is 0.153 e. The highest BCUT2D eigenvalue weighted by Crippen LogP contribution is 2.30. The smallest absolute Gasteiger partial charge is 0.153 e. The van der Waals surface area contributed by atoms with Gasteiger partial charge in [0.1, 0.15) is 17.7 Å². The Morgan fingerprint density at radius 1 is 1.20 bits per heavy atom. The summed E-state index contributed by atoms with van der Waals surface area (Å²) in [6.07, 6.45) is 4.58. The average Bonchev–Trinajstić information content (AvgIpc) is 2.74. The van der Waals surface area contributed by atoms with Crippen molar-refractivity contribution in [2.24, 2.45) is 0 Å². The van der Waals surface area contributed by atoms with Crippen LogP contribution in [-0.2, 0) is 11.3 Å². The minimum atomic E-state index is -2.39. The van der Waals surface area contributed by atoms with Crippen LogP contribution in [-0.4, -0.2) is 48.2 Å². The SMILES string of the molecule is Nc1ncnc2ccc(-c3cc(F)cc(C(CNS(=O)[O-])N4CCCCC4)c3)nc12. The van der Waals surface area contributed by atoms with E-state index in [-0.39, 0.29) is 18.4 Å². The molecule has 3 heterocycles. The van der Waals surface area contributed by atoms with E-state index in [0.29, 0.717) is 27.9 Å². The molecule has 2 aromatic heterocycles. The lowest BCUT2D eigenvalue weighted by Crippen LogP contribution is -2.39. The van der Waals surface area contributed by atoms with Gasteiger partial charge in [0.15, 0.2) is 5.82 Å². The van der Waals surface area contributed by atoms with Crippen LogP contribution in [0.1, 0.15) is 30.9 Å². The number of pyridine rings is 1. The van der Waals surface area contributed by atoms with Crippen LogP contribution in [0.15, 0.2) is 36.7 Å². The molecule has 1 aliphatic heterocycles. The zero-order valence-electron chi connectivity index (χ0n) is 16.3. The molecule has 1 aromatic carbocycles. The van der Waals surface area contributed by atoms with E-state index in [1.54, 1.807) is 12.1 Å². The zero-order valence-corrected chi connectivity index (χ0v) is 17.1. The third kappa shape index (κ3) is 4.62. The molecule has 30 heavy (non-hydrogen) atoms. The molecule has 0 amide bonds. The Hall–Kier alpha value is -2.53. The fraction of sp³-hybridized carbons (Fsp3) is 0.350. The van der Waals surface area contributed by atoms with Gasteiger partial charge in [0.05, 0.1) is 11.2 Å². The first-order valence-corrected chi connectivity index (χ1v) is 10.8. The van der Waals surface area contributed by atoms with Crippen LogP contribution in [0.4, 0.5) is 10.2 Å². The van der Waals surface area contributed by atoms with Crippen molar-refractivity contribution in [3.63, 3.8) is 0 Å². The maximum atomic E-state index is 14.6. The van der Waals surface area contributed by atoms with Crippen molar-refractivity contribution in [1.29, 1.82) is 0 Å². The summed E-state index contributed by atoms with van der Waals surface area (Å²) in [7, 11) is 0. The standard InChI is InChI=1S/C20H23FN6O2S/c21-15-9-13(16-4-5-17-19(26-16)20(22)24-12-23-17)8-14(10-15)18(11-25-30(28)29)27-6-2-1-3-7-27/h4-5,8-10,12,18,25H,1-3,6-7,11H2,(H,28,29)(H2,22,23,24)/p-1. The van der Waals surface area contributed by atoms with Gasteiger partial charge >= 0.3 is 0 Å². The Bertz CT molecular complexity index is 1080. The predicted molar refractivity (Wildman–Crippen MR) is 112 cm³/mol. The van der Waals surface area contributed by atoms with Gasteiger partial charge in [0.2, 0.25) is 0 Å². The van der Waals surface area contributed by atoms with E-state index in [1.807, 2.05) is 6.07 Å². The predicted octanol–water partition coefficient (Wildman–Crippen LogP) is 2.32. The third-order valence-electron chi connectivity index (χ3n) is 5.34. The van der Waals surface area contributed by atoms with E-state index in [2.05, 4.69) is 24.6 Å². The van der Waals surface area contributed by atoms with E-state index >= 15 is 0 Å². The molecule has 0 saturated carbocycles. The number of likely N-dealkylation sites (tertiary alicyclic amines) is 1. The molecule has 2 atom stereocenters. The number of hydrogen-bond acceptors (Lipinski definition) is 7. The number of anilines is 1. The number of hydrogen-bond donors (Lipinski definition) is 2. The molecule has 10 heteroatoms. The molecule has 1 saturated heterocycles. The summed E-state index contributed by atoms with van der Waals surface area (Å²) in [5.41, 5.74) is 8.80. The van der Waals surface area contributed by atoms with Crippen molar-refractivity contribution in [3.8, 4) is 11.3 Å². The highest BCUT2D eigenvalue weighted by Gasteiger charge is 2.23. The van der Waals surface area contributed by atoms with Crippen molar-refractivity contribution in [2.45, 2.75) is 25.3 Å². The molecule has 0 spiro atoms. The van der Waals surface area contributed by atoms with Gasteiger partial charge in [0, 0.05) is 29.4 Å². The molecular weight excluding hydrogens is 407 g/mol. The van der Waals surface area contributed by atoms with E-state index in [9.17, 15) is 13.2 Å². The number of nitrogens with two attached hydrogens (primary N) is 1. The second kappa shape index (κ2) is 9.09. The zero-order chi connectivity index (χ0) is 21.1. The van der Waals surface area contributed by atoms with Crippen molar-refractivity contribution in [2.75, 3.05) is 25.4 Å². The lowest BCUT2D eigenvalue weighted by molar-refractivity contribution is 0.164. The Labute approximate surface area is 176 Å². The molecule has 1 aliphatic rings. The molecule has 158 valence electrons. The lowest BCUT2D eigenvalue weighted by atomic mass is 9.98. The lowest BCUT2D eigenvalue weighted by Gasteiger charge is -2.35. The van der Waals surface area contributed by atoms with Gasteiger partial charge in [-0.05, 0) is 61.8 Å². The Kier molecular flexibility index (Phi) is 6.28. The van der Waals surface area contributed by atoms with Crippen LogP contribution >= 0.6 is 0 Å². The summed E-state index contributed by atoms with van der Waals surface area (Å²) in [5.74, 6) is -0.154. The summed E-state index contributed by atoms with van der Waals surface area (Å²) < 4.78 is 39.2. The molecule has 1 fully saturated rings. The van der Waals surface area contributed by atoms with Gasteiger partial charge < -0.3 is 10.3 Å². The second-order valence-electron chi connectivity index (χ2n) is 7.29. The van der Waals surface area contributed by atoms with Crippen LogP contribution in [0.25, 0.3) is 22.3 Å². The largest absolute Gasteiger partial charge is 0.760 e. The first-order chi connectivity index (χ1) is 14.5. The number of nitrogen functional groups attached to an aromatic ring is 1. The van der Waals surface area contributed by atoms with Gasteiger partial charge in [-0.15, -0.1) is 0 Å². The number of nitrogens with one attached hydrogen (secondary N) is 1. The second-order valence-corrected chi connectivity index (χ2v) is 8.05. The molecule has 3 N–H and O–H groups in total. The van der Waals surface area contributed by atoms with Gasteiger partial charge in [-0.3, -0.25) is 9.11 Å². The van der Waals surface area contributed by atoms with Crippen molar-refractivity contribution >= 4 is 28.1 Å². The van der Waals surface area contributed by atoms with Crippen LogP contribution in [0.5, 0.6) is 0 Å². The number of piperidine rings is 1. The minimum Gasteiger partial charge on any atom is -0.760 e. The summed E-state index contributed by atoms with van der Waals surface area (Å²) in [4.78, 5) is 14.8. The van der Waals surface area contributed by atoms with E-state index in [1.165, 1.54) is 18.5 Å². The van der Waals surface area contributed by atoms with Crippen LogP contribution in [0, 0.1) is 5.82 Å². The van der Waals surface area contributed by atoms with Crippen molar-refractivity contribution in [3.05, 3.63) is 48.0 Å². The fourth-order valence-electron chi connectivity index (χ4n) is 3.91. The van der Waals surface area contributed by atoms with Crippen LogP contribution in [0.2, 0.25) is 0 Å². The summed E-state index contributed by atoms with van der Waals surface area (Å²) in [6.45, 7) is 1.85. The van der Waals surface area contributed by atoms with Crippen molar-refractivity contribution in [1.82, 2.24) is 24.6 Å². The highest BCUT2D eigenvalue weighted by atomic mass is 32.2. The number of rotatable bonds is 6. The first kappa shape index (κ1) is 20.7. The monoisotopic (exact) mass is 429 g/mol. The normalized spacial score (nSPS) is 17.1. The molecular formula is C20H22FN6O2S-. The molecule has 0 bridgehead atoms. The number of fused-ring (bicyclic) bond motifs is 1. The Morgan fingerprint density at radius 3 is 2.77 bits per heavy atom. The molecule has 2 unspecified atom stereocenters. The summed E-state index contributed by atoms with van der Waals surface area (Å²) in [5, 5.41) is 0. The number of halogens is 1. The first-order valence-electron chi connectivity index (χ1n) is 9.76. The Morgan fingerprint density at radius 2 is 2.00 bits per heavy atom. The molecule has 4 rings (SSSR count). The van der Waals surface area contributed by atoms with E-state index in [0.717, 1.165) is 32.4 Å². The quantitative estimate of drug-likeness (QED) is 0.577. The molecule has 3 aromatic rings.